The highest BCUT2D eigenvalue weighted by molar-refractivity contribution is 5.78. The van der Waals surface area contributed by atoms with E-state index in [0.29, 0.717) is 12.6 Å². The van der Waals surface area contributed by atoms with Crippen LogP contribution in [0.25, 0.3) is 0 Å². The Morgan fingerprint density at radius 1 is 1.12 bits per heavy atom. The Labute approximate surface area is 157 Å². The predicted molar refractivity (Wildman–Crippen MR) is 103 cm³/mol. The fourth-order valence-electron chi connectivity index (χ4n) is 3.87. The van der Waals surface area contributed by atoms with Gasteiger partial charge in [-0.3, -0.25) is 14.6 Å². The molecule has 0 aliphatic carbocycles. The minimum atomic E-state index is 0.283. The van der Waals surface area contributed by atoms with Crippen molar-refractivity contribution in [1.29, 1.82) is 0 Å². The number of piperidine rings is 1. The third-order valence-corrected chi connectivity index (χ3v) is 5.56. The van der Waals surface area contributed by atoms with E-state index in [2.05, 4.69) is 27.2 Å². The zero-order chi connectivity index (χ0) is 18.4. The van der Waals surface area contributed by atoms with Crippen molar-refractivity contribution >= 4 is 5.91 Å². The maximum Gasteiger partial charge on any atom is 0.236 e. The number of hydrogen-bond acceptors (Lipinski definition) is 5. The summed E-state index contributed by atoms with van der Waals surface area (Å²) in [5.41, 5.74) is 1.29. The van der Waals surface area contributed by atoms with Crippen molar-refractivity contribution in [3.05, 3.63) is 29.8 Å². The molecule has 1 unspecified atom stereocenters. The Bertz CT molecular complexity index is 570. The van der Waals surface area contributed by atoms with Crippen LogP contribution in [0.2, 0.25) is 0 Å². The fraction of sp³-hybridized carbons (Fsp3) is 0.650. The Morgan fingerprint density at radius 3 is 2.50 bits per heavy atom. The Morgan fingerprint density at radius 2 is 1.85 bits per heavy atom. The van der Waals surface area contributed by atoms with Gasteiger partial charge in [0, 0.05) is 45.3 Å². The van der Waals surface area contributed by atoms with E-state index < -0.39 is 0 Å². The molecule has 144 valence electrons. The summed E-state index contributed by atoms with van der Waals surface area (Å²) in [5, 5.41) is 3.34. The van der Waals surface area contributed by atoms with E-state index in [4.69, 9.17) is 4.74 Å². The molecule has 0 saturated carbocycles. The topological polar surface area (TPSA) is 48.1 Å². The molecule has 3 rings (SSSR count). The van der Waals surface area contributed by atoms with Gasteiger partial charge < -0.3 is 15.0 Å². The molecule has 1 aromatic carbocycles. The third kappa shape index (κ3) is 5.19. The van der Waals surface area contributed by atoms with Crippen LogP contribution in [-0.4, -0.2) is 86.6 Å². The molecule has 26 heavy (non-hydrogen) atoms. The van der Waals surface area contributed by atoms with Crippen LogP contribution in [0.3, 0.4) is 0 Å². The molecule has 2 saturated heterocycles. The first-order valence-corrected chi connectivity index (χ1v) is 9.70. The molecule has 0 radical (unpaired) electrons. The molecule has 1 aromatic rings. The van der Waals surface area contributed by atoms with Crippen molar-refractivity contribution in [2.24, 2.45) is 0 Å². The highest BCUT2D eigenvalue weighted by atomic mass is 16.5. The van der Waals surface area contributed by atoms with Gasteiger partial charge in [-0.25, -0.2) is 0 Å². The van der Waals surface area contributed by atoms with Crippen molar-refractivity contribution in [2.75, 3.05) is 60.0 Å². The lowest BCUT2D eigenvalue weighted by Crippen LogP contribution is -2.53. The molecule has 2 fully saturated rings. The normalized spacial score (nSPS) is 22.4. The molecular weight excluding hydrogens is 328 g/mol. The second-order valence-electron chi connectivity index (χ2n) is 7.37. The summed E-state index contributed by atoms with van der Waals surface area (Å²) < 4.78 is 5.21. The van der Waals surface area contributed by atoms with Crippen LogP contribution in [0.1, 0.15) is 18.4 Å². The summed E-state index contributed by atoms with van der Waals surface area (Å²) in [6.07, 6.45) is 2.39. The van der Waals surface area contributed by atoms with Gasteiger partial charge in [-0.15, -0.1) is 0 Å². The van der Waals surface area contributed by atoms with Crippen molar-refractivity contribution in [2.45, 2.75) is 25.4 Å². The molecule has 2 aliphatic rings. The number of carbonyl (C=O) groups excluding carboxylic acids is 1. The predicted octanol–water partition coefficient (Wildman–Crippen LogP) is 1.02. The fourth-order valence-corrected chi connectivity index (χ4v) is 3.87. The number of methoxy groups -OCH3 is 1. The Balaban J connectivity index is 1.41. The summed E-state index contributed by atoms with van der Waals surface area (Å²) in [5.74, 6) is 1.17. The largest absolute Gasteiger partial charge is 0.497 e. The van der Waals surface area contributed by atoms with E-state index in [1.165, 1.54) is 18.4 Å². The summed E-state index contributed by atoms with van der Waals surface area (Å²) >= 11 is 0. The van der Waals surface area contributed by atoms with Crippen molar-refractivity contribution in [1.82, 2.24) is 20.0 Å². The zero-order valence-corrected chi connectivity index (χ0v) is 16.1. The standard InChI is InChI=1S/C20H32N4O2/c1-21-18-4-3-9-23(15-18)16-20(25)24-12-10-22(11-13-24)14-17-5-7-19(26-2)8-6-17/h5-8,18,21H,3-4,9-16H2,1-2H3. The number of hydrogen-bond donors (Lipinski definition) is 1. The molecular formula is C20H32N4O2. The van der Waals surface area contributed by atoms with Crippen molar-refractivity contribution in [3.63, 3.8) is 0 Å². The number of likely N-dealkylation sites (tertiary alicyclic amines) is 1. The third-order valence-electron chi connectivity index (χ3n) is 5.56. The minimum Gasteiger partial charge on any atom is -0.497 e. The van der Waals surface area contributed by atoms with Crippen LogP contribution in [0.4, 0.5) is 0 Å². The molecule has 1 amide bonds. The highest BCUT2D eigenvalue weighted by Crippen LogP contribution is 2.15. The number of likely N-dealkylation sites (N-methyl/N-ethyl adjacent to an activating group) is 1. The number of carbonyl (C=O) groups is 1. The average Bonchev–Trinajstić information content (AvgIpc) is 2.69. The van der Waals surface area contributed by atoms with Gasteiger partial charge in [-0.2, -0.15) is 0 Å². The first kappa shape index (κ1) is 19.1. The lowest BCUT2D eigenvalue weighted by Gasteiger charge is -2.37. The van der Waals surface area contributed by atoms with Crippen LogP contribution < -0.4 is 10.1 Å². The molecule has 2 aliphatic heterocycles. The van der Waals surface area contributed by atoms with E-state index in [1.807, 2.05) is 24.1 Å². The SMILES string of the molecule is CNC1CCCN(CC(=O)N2CCN(Cc3ccc(OC)cc3)CC2)C1. The Hall–Kier alpha value is -1.63. The molecule has 1 atom stereocenters. The molecule has 6 heteroatoms. The van der Waals surface area contributed by atoms with Crippen LogP contribution in [0.15, 0.2) is 24.3 Å². The average molecular weight is 361 g/mol. The molecule has 6 nitrogen and oxygen atoms in total. The van der Waals surface area contributed by atoms with E-state index >= 15 is 0 Å². The second-order valence-corrected chi connectivity index (χ2v) is 7.37. The van der Waals surface area contributed by atoms with Gasteiger partial charge in [-0.1, -0.05) is 12.1 Å². The lowest BCUT2D eigenvalue weighted by atomic mass is 10.1. The summed E-state index contributed by atoms with van der Waals surface area (Å²) in [6, 6.07) is 8.77. The second kappa shape index (κ2) is 9.35. The van der Waals surface area contributed by atoms with Gasteiger partial charge in [0.1, 0.15) is 5.75 Å². The molecule has 2 heterocycles. The summed E-state index contributed by atoms with van der Waals surface area (Å²) in [7, 11) is 3.70. The first-order chi connectivity index (χ1) is 12.7. The lowest BCUT2D eigenvalue weighted by molar-refractivity contribution is -0.134. The van der Waals surface area contributed by atoms with Crippen LogP contribution >= 0.6 is 0 Å². The number of benzene rings is 1. The zero-order valence-electron chi connectivity index (χ0n) is 16.1. The molecule has 0 aromatic heterocycles. The molecule has 0 bridgehead atoms. The smallest absolute Gasteiger partial charge is 0.236 e. The number of amides is 1. The van der Waals surface area contributed by atoms with Crippen molar-refractivity contribution < 1.29 is 9.53 Å². The molecule has 0 spiro atoms. The Kier molecular flexibility index (Phi) is 6.88. The quantitative estimate of drug-likeness (QED) is 0.821. The van der Waals surface area contributed by atoms with Gasteiger partial charge in [0.2, 0.25) is 5.91 Å². The van der Waals surface area contributed by atoms with Gasteiger partial charge in [0.15, 0.2) is 0 Å². The van der Waals surface area contributed by atoms with E-state index in [1.54, 1.807) is 7.11 Å². The van der Waals surface area contributed by atoms with Crippen LogP contribution in [-0.2, 0) is 11.3 Å². The van der Waals surface area contributed by atoms with E-state index in [0.717, 1.165) is 51.6 Å². The van der Waals surface area contributed by atoms with Gasteiger partial charge in [-0.05, 0) is 44.1 Å². The van der Waals surface area contributed by atoms with Gasteiger partial charge >= 0.3 is 0 Å². The van der Waals surface area contributed by atoms with Crippen LogP contribution in [0, 0.1) is 0 Å². The maximum atomic E-state index is 12.6. The van der Waals surface area contributed by atoms with E-state index in [-0.39, 0.29) is 5.91 Å². The maximum absolute atomic E-state index is 12.6. The minimum absolute atomic E-state index is 0.283. The van der Waals surface area contributed by atoms with Crippen molar-refractivity contribution in [3.8, 4) is 5.75 Å². The van der Waals surface area contributed by atoms with Gasteiger partial charge in [0.05, 0.1) is 13.7 Å². The van der Waals surface area contributed by atoms with E-state index in [9.17, 15) is 4.79 Å². The number of ether oxygens (including phenoxy) is 1. The van der Waals surface area contributed by atoms with Crippen LogP contribution in [0.5, 0.6) is 5.75 Å². The number of nitrogens with zero attached hydrogens (tertiary/aromatic N) is 3. The molecule has 1 N–H and O–H groups in total. The first-order valence-electron chi connectivity index (χ1n) is 9.70. The number of rotatable bonds is 6. The van der Waals surface area contributed by atoms with Gasteiger partial charge in [0.25, 0.3) is 0 Å². The summed E-state index contributed by atoms with van der Waals surface area (Å²) in [4.78, 5) is 19.4. The number of nitrogens with one attached hydrogen (secondary N) is 1. The number of piperazine rings is 1. The monoisotopic (exact) mass is 360 g/mol. The summed E-state index contributed by atoms with van der Waals surface area (Å²) in [6.45, 7) is 7.07. The highest BCUT2D eigenvalue weighted by Gasteiger charge is 2.25.